The first-order valence-electron chi connectivity index (χ1n) is 3.93. The molecule has 0 aromatic carbocycles. The molecule has 1 aliphatic rings. The summed E-state index contributed by atoms with van der Waals surface area (Å²) in [5.74, 6) is 0. The van der Waals surface area contributed by atoms with E-state index in [-0.39, 0.29) is 0 Å². The predicted octanol–water partition coefficient (Wildman–Crippen LogP) is -0.364. The first-order chi connectivity index (χ1) is 5.97. The van der Waals surface area contributed by atoms with Gasteiger partial charge in [-0.1, -0.05) is 0 Å². The fourth-order valence-corrected chi connectivity index (χ4v) is 2.02. The van der Waals surface area contributed by atoms with Crippen molar-refractivity contribution in [1.29, 1.82) is 0 Å². The summed E-state index contributed by atoms with van der Waals surface area (Å²) in [7, 11) is -1.23. The molecule has 2 heterocycles. The van der Waals surface area contributed by atoms with Crippen LogP contribution in [0.1, 0.15) is 11.3 Å². The number of aromatic nitrogens is 2. The van der Waals surface area contributed by atoms with Crippen LogP contribution in [0.25, 0.3) is 0 Å². The Balaban J connectivity index is 2.43. The molecular weight excluding hydrogens is 190 g/mol. The lowest BCUT2D eigenvalue weighted by Gasteiger charge is -2.04. The van der Waals surface area contributed by atoms with Crippen molar-refractivity contribution in [1.82, 2.24) is 14.1 Å². The highest BCUT2D eigenvalue weighted by molar-refractivity contribution is 7.89. The Kier molecular flexibility index (Phi) is 1.71. The van der Waals surface area contributed by atoms with E-state index >= 15 is 0 Å². The van der Waals surface area contributed by atoms with E-state index in [0.717, 1.165) is 34.7 Å². The highest BCUT2D eigenvalue weighted by Gasteiger charge is 2.21. The van der Waals surface area contributed by atoms with Crippen molar-refractivity contribution in [2.45, 2.75) is 13.1 Å². The van der Waals surface area contributed by atoms with Crippen molar-refractivity contribution in [2.24, 2.45) is 0 Å². The van der Waals surface area contributed by atoms with Crippen LogP contribution >= 0.6 is 0 Å². The average molecular weight is 201 g/mol. The molecule has 5 nitrogen and oxygen atoms in total. The van der Waals surface area contributed by atoms with E-state index in [9.17, 15) is 8.42 Å². The van der Waals surface area contributed by atoms with Gasteiger partial charge >= 0.3 is 0 Å². The van der Waals surface area contributed by atoms with Gasteiger partial charge in [0.25, 0.3) is 10.0 Å². The third-order valence-electron chi connectivity index (χ3n) is 2.06. The summed E-state index contributed by atoms with van der Waals surface area (Å²) in [5.41, 5.74) is 1.88. The summed E-state index contributed by atoms with van der Waals surface area (Å²) >= 11 is 0. The smallest absolute Gasteiger partial charge is 0.250 e. The van der Waals surface area contributed by atoms with Crippen LogP contribution in [-0.2, 0) is 23.1 Å². The van der Waals surface area contributed by atoms with Crippen LogP contribution in [0, 0.1) is 0 Å². The van der Waals surface area contributed by atoms with E-state index in [1.54, 1.807) is 6.20 Å². The van der Waals surface area contributed by atoms with Crippen molar-refractivity contribution in [3.8, 4) is 0 Å². The minimum Gasteiger partial charge on any atom is -0.296 e. The van der Waals surface area contributed by atoms with Crippen LogP contribution in [0.3, 0.4) is 0 Å². The maximum absolute atomic E-state index is 11.1. The van der Waals surface area contributed by atoms with Crippen molar-refractivity contribution < 1.29 is 8.42 Å². The lowest BCUT2D eigenvalue weighted by molar-refractivity contribution is 0.347. The van der Waals surface area contributed by atoms with E-state index < -0.39 is 10.0 Å². The largest absolute Gasteiger partial charge is 0.296 e. The standard InChI is InChI=1S/C7H11N3O2S/c1-9-3-6-4-10(13(2,11)12)8-7(6)5-9/h4H,3,5H2,1-2H3. The number of nitrogens with zero attached hydrogens (tertiary/aromatic N) is 3. The summed E-state index contributed by atoms with van der Waals surface area (Å²) in [4.78, 5) is 2.09. The lowest BCUT2D eigenvalue weighted by Crippen LogP contribution is -2.14. The molecule has 0 unspecified atom stereocenters. The second kappa shape index (κ2) is 2.55. The predicted molar refractivity (Wildman–Crippen MR) is 47.6 cm³/mol. The lowest BCUT2D eigenvalue weighted by atomic mass is 10.3. The van der Waals surface area contributed by atoms with Crippen molar-refractivity contribution in [2.75, 3.05) is 13.3 Å². The summed E-state index contributed by atoms with van der Waals surface area (Å²) in [6.45, 7) is 1.52. The van der Waals surface area contributed by atoms with E-state index in [1.165, 1.54) is 0 Å². The van der Waals surface area contributed by atoms with Gasteiger partial charge in [0.15, 0.2) is 0 Å². The molecule has 0 radical (unpaired) electrons. The van der Waals surface area contributed by atoms with Crippen LogP contribution in [0.5, 0.6) is 0 Å². The van der Waals surface area contributed by atoms with Gasteiger partial charge in [0.05, 0.1) is 11.9 Å². The summed E-state index contributed by atoms with van der Waals surface area (Å²) in [6, 6.07) is 0. The van der Waals surface area contributed by atoms with Crippen molar-refractivity contribution >= 4 is 10.0 Å². The van der Waals surface area contributed by atoms with E-state index in [2.05, 4.69) is 10.00 Å². The Morgan fingerprint density at radius 3 is 2.69 bits per heavy atom. The van der Waals surface area contributed by atoms with Crippen molar-refractivity contribution in [3.63, 3.8) is 0 Å². The van der Waals surface area contributed by atoms with E-state index in [0.29, 0.717) is 0 Å². The Morgan fingerprint density at radius 1 is 1.46 bits per heavy atom. The van der Waals surface area contributed by atoms with E-state index in [4.69, 9.17) is 0 Å². The molecule has 72 valence electrons. The Morgan fingerprint density at radius 2 is 2.15 bits per heavy atom. The van der Waals surface area contributed by atoms with Gasteiger partial charge in [-0.2, -0.15) is 9.19 Å². The fraction of sp³-hybridized carbons (Fsp3) is 0.571. The van der Waals surface area contributed by atoms with Gasteiger partial charge in [-0.05, 0) is 7.05 Å². The van der Waals surface area contributed by atoms with Gasteiger partial charge in [-0.15, -0.1) is 0 Å². The van der Waals surface area contributed by atoms with Crippen LogP contribution in [0.2, 0.25) is 0 Å². The number of hydrogen-bond donors (Lipinski definition) is 0. The zero-order chi connectivity index (χ0) is 9.64. The molecule has 1 aromatic heterocycles. The summed E-state index contributed by atoms with van der Waals surface area (Å²) < 4.78 is 23.3. The third-order valence-corrected chi connectivity index (χ3v) is 2.92. The molecular formula is C7H11N3O2S. The molecule has 2 rings (SSSR count). The molecule has 0 atom stereocenters. The topological polar surface area (TPSA) is 55.2 Å². The first kappa shape index (κ1) is 8.71. The Hall–Kier alpha value is -0.880. The molecule has 0 saturated heterocycles. The molecule has 0 amide bonds. The number of fused-ring (bicyclic) bond motifs is 1. The van der Waals surface area contributed by atoms with Crippen LogP contribution < -0.4 is 0 Å². The fourth-order valence-electron chi connectivity index (χ4n) is 1.46. The van der Waals surface area contributed by atoms with Crippen LogP contribution in [0.15, 0.2) is 6.20 Å². The first-order valence-corrected chi connectivity index (χ1v) is 5.78. The van der Waals surface area contributed by atoms with Crippen LogP contribution in [0.4, 0.5) is 0 Å². The molecule has 1 aliphatic heterocycles. The molecule has 6 heteroatoms. The molecule has 0 fully saturated rings. The highest BCUT2D eigenvalue weighted by Crippen LogP contribution is 2.19. The molecule has 0 spiro atoms. The van der Waals surface area contributed by atoms with Gasteiger partial charge in [-0.25, -0.2) is 8.42 Å². The van der Waals surface area contributed by atoms with Gasteiger partial charge < -0.3 is 0 Å². The normalized spacial score (nSPS) is 17.7. The SMILES string of the molecule is CN1Cc2cn(S(C)(=O)=O)nc2C1. The highest BCUT2D eigenvalue weighted by atomic mass is 32.2. The van der Waals surface area contributed by atoms with Gasteiger partial charge in [0, 0.05) is 24.8 Å². The molecule has 0 N–H and O–H groups in total. The maximum atomic E-state index is 11.1. The molecule has 0 saturated carbocycles. The Labute approximate surface area is 77.0 Å². The average Bonchev–Trinajstić information content (AvgIpc) is 2.40. The minimum absolute atomic E-state index is 0.734. The Bertz CT molecular complexity index is 411. The summed E-state index contributed by atoms with van der Waals surface area (Å²) in [5, 5.41) is 4.00. The summed E-state index contributed by atoms with van der Waals surface area (Å²) in [6.07, 6.45) is 2.74. The number of rotatable bonds is 1. The zero-order valence-electron chi connectivity index (χ0n) is 7.56. The van der Waals surface area contributed by atoms with Crippen LogP contribution in [-0.4, -0.2) is 35.8 Å². The quantitative estimate of drug-likeness (QED) is 0.622. The number of hydrogen-bond acceptors (Lipinski definition) is 4. The molecule has 0 bridgehead atoms. The second-order valence-corrected chi connectivity index (χ2v) is 5.25. The maximum Gasteiger partial charge on any atom is 0.250 e. The van der Waals surface area contributed by atoms with Crippen molar-refractivity contribution in [3.05, 3.63) is 17.5 Å². The minimum atomic E-state index is -3.21. The molecule has 0 aliphatic carbocycles. The third kappa shape index (κ3) is 1.47. The van der Waals surface area contributed by atoms with E-state index in [1.807, 2.05) is 7.05 Å². The monoisotopic (exact) mass is 201 g/mol. The zero-order valence-corrected chi connectivity index (χ0v) is 8.37. The van der Waals surface area contributed by atoms with Gasteiger partial charge in [0.1, 0.15) is 0 Å². The van der Waals surface area contributed by atoms with Gasteiger partial charge in [-0.3, -0.25) is 4.90 Å². The van der Waals surface area contributed by atoms with Gasteiger partial charge in [0.2, 0.25) is 0 Å². The molecule has 1 aromatic rings. The molecule has 13 heavy (non-hydrogen) atoms. The second-order valence-electron chi connectivity index (χ2n) is 3.41.